The molecule has 4 nitrogen and oxygen atoms in total. The number of imidazole rings is 1. The molecule has 2 rings (SSSR count). The largest absolute Gasteiger partial charge is 0.342 e. The molecular weight excluding hydrogens is 224 g/mol. The highest BCUT2D eigenvalue weighted by Gasteiger charge is 2.09. The van der Waals surface area contributed by atoms with E-state index in [0.717, 1.165) is 30.0 Å². The topological polar surface area (TPSA) is 53.6 Å². The normalized spacial score (nSPS) is 11.7. The summed E-state index contributed by atoms with van der Waals surface area (Å²) in [6, 6.07) is 3.95. The van der Waals surface area contributed by atoms with Gasteiger partial charge < -0.3 is 10.3 Å². The van der Waals surface area contributed by atoms with E-state index in [-0.39, 0.29) is 5.54 Å². The van der Waals surface area contributed by atoms with E-state index in [1.807, 2.05) is 24.5 Å². The van der Waals surface area contributed by atoms with Crippen molar-refractivity contribution in [1.82, 2.24) is 20.3 Å². The summed E-state index contributed by atoms with van der Waals surface area (Å²) >= 11 is 0. The van der Waals surface area contributed by atoms with Gasteiger partial charge in [-0.2, -0.15) is 0 Å². The van der Waals surface area contributed by atoms with E-state index in [1.54, 1.807) is 6.20 Å². The van der Waals surface area contributed by atoms with Gasteiger partial charge in [0.05, 0.1) is 11.9 Å². The number of rotatable bonds is 4. The lowest BCUT2D eigenvalue weighted by atomic mass is 10.1. The second-order valence-electron chi connectivity index (χ2n) is 5.41. The third-order valence-corrected chi connectivity index (χ3v) is 2.62. The molecule has 0 radical (unpaired) electrons. The first-order valence-electron chi connectivity index (χ1n) is 6.24. The highest BCUT2D eigenvalue weighted by atomic mass is 15.0. The zero-order valence-corrected chi connectivity index (χ0v) is 11.2. The summed E-state index contributed by atoms with van der Waals surface area (Å²) in [5.74, 6) is 1.01. The molecular formula is C14H20N4. The van der Waals surface area contributed by atoms with E-state index in [9.17, 15) is 0 Å². The number of aromatic nitrogens is 3. The fourth-order valence-electron chi connectivity index (χ4n) is 1.71. The van der Waals surface area contributed by atoms with Crippen LogP contribution in [0.2, 0.25) is 0 Å². The molecule has 0 fully saturated rings. The lowest BCUT2D eigenvalue weighted by molar-refractivity contribution is 0.427. The molecule has 0 saturated heterocycles. The molecule has 0 spiro atoms. The fourth-order valence-corrected chi connectivity index (χ4v) is 1.71. The van der Waals surface area contributed by atoms with Crippen LogP contribution in [-0.4, -0.2) is 27.0 Å². The van der Waals surface area contributed by atoms with Gasteiger partial charge in [0.1, 0.15) is 5.82 Å². The van der Waals surface area contributed by atoms with Gasteiger partial charge >= 0.3 is 0 Å². The maximum atomic E-state index is 4.39. The Balaban J connectivity index is 1.95. The van der Waals surface area contributed by atoms with Gasteiger partial charge in [-0.25, -0.2) is 4.98 Å². The average Bonchev–Trinajstić information content (AvgIpc) is 2.77. The molecule has 0 unspecified atom stereocenters. The van der Waals surface area contributed by atoms with Gasteiger partial charge in [0.2, 0.25) is 0 Å². The van der Waals surface area contributed by atoms with E-state index in [0.29, 0.717) is 0 Å². The Hall–Kier alpha value is -1.68. The first kappa shape index (κ1) is 12.8. The first-order chi connectivity index (χ1) is 8.54. The predicted octanol–water partition coefficient (Wildman–Crippen LogP) is 2.40. The van der Waals surface area contributed by atoms with Crippen molar-refractivity contribution in [3.8, 4) is 11.3 Å². The lowest BCUT2D eigenvalue weighted by Gasteiger charge is -2.19. The van der Waals surface area contributed by atoms with Crippen LogP contribution in [0, 0.1) is 0 Å². The van der Waals surface area contributed by atoms with E-state index in [1.165, 1.54) is 0 Å². The molecule has 2 heterocycles. The van der Waals surface area contributed by atoms with Crippen molar-refractivity contribution in [2.75, 3.05) is 6.54 Å². The van der Waals surface area contributed by atoms with Gasteiger partial charge in [0, 0.05) is 36.5 Å². The van der Waals surface area contributed by atoms with Crippen LogP contribution in [0.5, 0.6) is 0 Å². The van der Waals surface area contributed by atoms with Crippen molar-refractivity contribution < 1.29 is 0 Å². The number of nitrogens with one attached hydrogen (secondary N) is 2. The molecule has 96 valence electrons. The smallest absolute Gasteiger partial charge is 0.107 e. The zero-order chi connectivity index (χ0) is 13.0. The van der Waals surface area contributed by atoms with Crippen molar-refractivity contribution in [1.29, 1.82) is 0 Å². The molecule has 0 bridgehead atoms. The van der Waals surface area contributed by atoms with Crippen molar-refractivity contribution in [3.05, 3.63) is 36.5 Å². The number of H-pyrrole nitrogens is 1. The molecule has 0 aliphatic carbocycles. The standard InChI is InChI=1S/C14H20N4/c1-14(2,3)17-8-6-13-16-10-12(18-13)11-5-4-7-15-9-11/h4-5,7,9-10,17H,6,8H2,1-3H3,(H,16,18). The van der Waals surface area contributed by atoms with Crippen LogP contribution in [0.25, 0.3) is 11.3 Å². The first-order valence-corrected chi connectivity index (χ1v) is 6.24. The molecule has 18 heavy (non-hydrogen) atoms. The quantitative estimate of drug-likeness (QED) is 0.868. The number of pyridine rings is 1. The number of nitrogens with zero attached hydrogens (tertiary/aromatic N) is 2. The molecule has 0 atom stereocenters. The molecule has 2 aromatic rings. The second kappa shape index (κ2) is 5.31. The monoisotopic (exact) mass is 244 g/mol. The van der Waals surface area contributed by atoms with Crippen LogP contribution >= 0.6 is 0 Å². The SMILES string of the molecule is CC(C)(C)NCCc1ncc(-c2cccnc2)[nH]1. The minimum absolute atomic E-state index is 0.152. The minimum atomic E-state index is 0.152. The fraction of sp³-hybridized carbons (Fsp3) is 0.429. The Kier molecular flexibility index (Phi) is 3.77. The molecule has 2 N–H and O–H groups in total. The van der Waals surface area contributed by atoms with Gasteiger partial charge in [0.25, 0.3) is 0 Å². The van der Waals surface area contributed by atoms with Crippen LogP contribution < -0.4 is 5.32 Å². The van der Waals surface area contributed by atoms with Crippen LogP contribution in [0.3, 0.4) is 0 Å². The van der Waals surface area contributed by atoms with E-state index < -0.39 is 0 Å². The van der Waals surface area contributed by atoms with Crippen LogP contribution in [0.15, 0.2) is 30.7 Å². The molecule has 2 aromatic heterocycles. The molecule has 0 aromatic carbocycles. The van der Waals surface area contributed by atoms with Crippen molar-refractivity contribution >= 4 is 0 Å². The average molecular weight is 244 g/mol. The van der Waals surface area contributed by atoms with E-state index >= 15 is 0 Å². The highest BCUT2D eigenvalue weighted by molar-refractivity contribution is 5.56. The number of aromatic amines is 1. The van der Waals surface area contributed by atoms with Gasteiger partial charge in [-0.05, 0) is 32.9 Å². The summed E-state index contributed by atoms with van der Waals surface area (Å²) in [6.45, 7) is 7.41. The third-order valence-electron chi connectivity index (χ3n) is 2.62. The molecule has 0 aliphatic rings. The van der Waals surface area contributed by atoms with Crippen molar-refractivity contribution in [2.24, 2.45) is 0 Å². The minimum Gasteiger partial charge on any atom is -0.342 e. The van der Waals surface area contributed by atoms with Gasteiger partial charge in [-0.1, -0.05) is 0 Å². The Morgan fingerprint density at radius 1 is 1.28 bits per heavy atom. The van der Waals surface area contributed by atoms with E-state index in [4.69, 9.17) is 0 Å². The van der Waals surface area contributed by atoms with Crippen molar-refractivity contribution in [2.45, 2.75) is 32.7 Å². The zero-order valence-electron chi connectivity index (χ0n) is 11.2. The molecule has 0 aliphatic heterocycles. The summed E-state index contributed by atoms with van der Waals surface area (Å²) in [6.07, 6.45) is 6.37. The lowest BCUT2D eigenvalue weighted by Crippen LogP contribution is -2.37. The summed E-state index contributed by atoms with van der Waals surface area (Å²) < 4.78 is 0. The Morgan fingerprint density at radius 2 is 2.11 bits per heavy atom. The second-order valence-corrected chi connectivity index (χ2v) is 5.41. The Labute approximate surface area is 108 Å². The number of hydrogen-bond acceptors (Lipinski definition) is 3. The third kappa shape index (κ3) is 3.67. The summed E-state index contributed by atoms with van der Waals surface area (Å²) in [5.41, 5.74) is 2.24. The Bertz CT molecular complexity index is 482. The maximum absolute atomic E-state index is 4.39. The highest BCUT2D eigenvalue weighted by Crippen LogP contribution is 2.14. The van der Waals surface area contributed by atoms with Crippen LogP contribution in [0.4, 0.5) is 0 Å². The molecule has 0 amide bonds. The summed E-state index contributed by atoms with van der Waals surface area (Å²) in [7, 11) is 0. The summed E-state index contributed by atoms with van der Waals surface area (Å²) in [4.78, 5) is 11.8. The molecule has 0 saturated carbocycles. The Morgan fingerprint density at radius 3 is 2.78 bits per heavy atom. The van der Waals surface area contributed by atoms with Crippen molar-refractivity contribution in [3.63, 3.8) is 0 Å². The van der Waals surface area contributed by atoms with Crippen LogP contribution in [0.1, 0.15) is 26.6 Å². The van der Waals surface area contributed by atoms with E-state index in [2.05, 4.69) is 41.0 Å². The number of hydrogen-bond donors (Lipinski definition) is 2. The van der Waals surface area contributed by atoms with Crippen LogP contribution in [-0.2, 0) is 6.42 Å². The predicted molar refractivity (Wildman–Crippen MR) is 73.3 cm³/mol. The summed E-state index contributed by atoms with van der Waals surface area (Å²) in [5, 5.41) is 3.45. The van der Waals surface area contributed by atoms with Gasteiger partial charge in [-0.3, -0.25) is 4.98 Å². The maximum Gasteiger partial charge on any atom is 0.107 e. The van der Waals surface area contributed by atoms with Gasteiger partial charge in [-0.15, -0.1) is 0 Å². The van der Waals surface area contributed by atoms with Gasteiger partial charge in [0.15, 0.2) is 0 Å². The molecule has 4 heteroatoms.